The Bertz CT molecular complexity index is 215. The van der Waals surface area contributed by atoms with Gasteiger partial charge in [-0.15, -0.1) is 0 Å². The van der Waals surface area contributed by atoms with Crippen molar-refractivity contribution in [1.82, 2.24) is 16.0 Å². The Morgan fingerprint density at radius 1 is 1.14 bits per heavy atom. The number of carbonyl (C=O) groups is 1. The van der Waals surface area contributed by atoms with Crippen LogP contribution in [0.1, 0.15) is 19.3 Å². The van der Waals surface area contributed by atoms with Crippen LogP contribution in [0.5, 0.6) is 0 Å². The van der Waals surface area contributed by atoms with Crippen molar-refractivity contribution in [3.8, 4) is 0 Å². The predicted octanol–water partition coefficient (Wildman–Crippen LogP) is 1.12. The van der Waals surface area contributed by atoms with Crippen LogP contribution in [0.2, 0.25) is 0 Å². The van der Waals surface area contributed by atoms with Crippen molar-refractivity contribution in [2.75, 3.05) is 6.54 Å². The van der Waals surface area contributed by atoms with Gasteiger partial charge in [-0.2, -0.15) is 0 Å². The minimum absolute atomic E-state index is 0.132. The van der Waals surface area contributed by atoms with E-state index in [1.54, 1.807) is 0 Å². The van der Waals surface area contributed by atoms with Gasteiger partial charge in [0.15, 0.2) is 0 Å². The molecule has 1 N–H and O–H groups in total. The number of hydrogen-bond donors (Lipinski definition) is 1. The topological polar surface area (TPSA) is 35.6 Å². The van der Waals surface area contributed by atoms with Gasteiger partial charge in [-0.3, -0.25) is 4.79 Å². The van der Waals surface area contributed by atoms with Crippen molar-refractivity contribution in [3.63, 3.8) is 0 Å². The van der Waals surface area contributed by atoms with Crippen molar-refractivity contribution < 1.29 is 22.7 Å². The zero-order valence-corrected chi connectivity index (χ0v) is 7.14. The van der Waals surface area contributed by atoms with Crippen LogP contribution in [0.15, 0.2) is 0 Å². The van der Waals surface area contributed by atoms with E-state index in [9.17, 15) is 22.7 Å². The second-order valence-corrected chi connectivity index (χ2v) is 3.00. The quantitative estimate of drug-likeness (QED) is 0.426. The summed E-state index contributed by atoms with van der Waals surface area (Å²) in [4.78, 5) is 11.1. The Hall–Kier alpha value is -0.890. The van der Waals surface area contributed by atoms with Crippen LogP contribution in [0.25, 0.3) is 0 Å². The average molecular weight is 215 g/mol. The molecule has 1 amide bonds. The first-order valence-electron chi connectivity index (χ1n) is 4.03. The summed E-state index contributed by atoms with van der Waals surface area (Å²) in [5.74, 6) is -1.37. The smallest absolute Gasteiger partial charge is 0.272 e. The van der Waals surface area contributed by atoms with E-state index in [1.807, 2.05) is 5.32 Å². The number of carbonyl (C=O) groups excluding carboxylic acids is 1. The van der Waals surface area contributed by atoms with Crippen LogP contribution in [-0.2, 0) is 4.79 Å². The average Bonchev–Trinajstić information content (AvgIpc) is 2.27. The molecular formula is C6H9F4N3O. The summed E-state index contributed by atoms with van der Waals surface area (Å²) in [6, 6.07) is 0. The van der Waals surface area contributed by atoms with Crippen LogP contribution in [0.3, 0.4) is 0 Å². The van der Waals surface area contributed by atoms with Crippen molar-refractivity contribution in [1.29, 1.82) is 0 Å². The molecule has 1 aliphatic rings. The standard InChI is InChI=1S/C6H9F4N3O/c7-12(8)6(13(9)10)3-1-2-4-11-5(6)14/h1-4H2,(H,11,14). The molecule has 0 unspecified atom stereocenters. The number of halogens is 4. The predicted molar refractivity (Wildman–Crippen MR) is 37.7 cm³/mol. The maximum Gasteiger partial charge on any atom is 0.272 e. The lowest BCUT2D eigenvalue weighted by atomic mass is 10.1. The summed E-state index contributed by atoms with van der Waals surface area (Å²) in [5.41, 5.74) is -3.13. The largest absolute Gasteiger partial charge is 0.353 e. The molecule has 82 valence electrons. The zero-order valence-electron chi connectivity index (χ0n) is 7.14. The number of nitrogens with one attached hydrogen (secondary N) is 1. The van der Waals surface area contributed by atoms with Gasteiger partial charge in [0.1, 0.15) is 0 Å². The van der Waals surface area contributed by atoms with Gasteiger partial charge in [-0.1, -0.05) is 17.9 Å². The molecule has 0 bridgehead atoms. The molecule has 0 spiro atoms. The van der Waals surface area contributed by atoms with E-state index < -0.39 is 28.7 Å². The highest BCUT2D eigenvalue weighted by Crippen LogP contribution is 2.30. The monoisotopic (exact) mass is 215 g/mol. The Morgan fingerprint density at radius 2 is 1.71 bits per heavy atom. The summed E-state index contributed by atoms with van der Waals surface area (Å²) < 4.78 is 49.2. The second-order valence-electron chi connectivity index (χ2n) is 3.00. The van der Waals surface area contributed by atoms with E-state index in [4.69, 9.17) is 0 Å². The third-order valence-corrected chi connectivity index (χ3v) is 2.16. The minimum Gasteiger partial charge on any atom is -0.353 e. The van der Waals surface area contributed by atoms with Gasteiger partial charge >= 0.3 is 0 Å². The first-order valence-corrected chi connectivity index (χ1v) is 4.03. The molecule has 4 nitrogen and oxygen atoms in total. The third-order valence-electron chi connectivity index (χ3n) is 2.16. The first kappa shape index (κ1) is 11.2. The van der Waals surface area contributed by atoms with E-state index in [0.717, 1.165) is 0 Å². The van der Waals surface area contributed by atoms with E-state index in [-0.39, 0.29) is 13.0 Å². The molecule has 8 heteroatoms. The summed E-state index contributed by atoms with van der Waals surface area (Å²) >= 11 is 0. The minimum atomic E-state index is -3.13. The third kappa shape index (κ3) is 1.67. The molecule has 0 aromatic rings. The summed E-state index contributed by atoms with van der Waals surface area (Å²) in [6.07, 6.45) is -0.0541. The van der Waals surface area contributed by atoms with Gasteiger partial charge in [0.2, 0.25) is 0 Å². The maximum absolute atomic E-state index is 12.3. The fraction of sp³-hybridized carbons (Fsp3) is 0.833. The van der Waals surface area contributed by atoms with E-state index in [1.165, 1.54) is 0 Å². The Kier molecular flexibility index (Phi) is 3.27. The molecule has 1 saturated heterocycles. The SMILES string of the molecule is O=C1NCCCCC1(N(F)F)N(F)F. The van der Waals surface area contributed by atoms with Gasteiger partial charge in [0.05, 0.1) is 10.7 Å². The lowest BCUT2D eigenvalue weighted by molar-refractivity contribution is -0.356. The normalized spacial score (nSPS) is 22.3. The van der Waals surface area contributed by atoms with Gasteiger partial charge < -0.3 is 5.32 Å². The highest BCUT2D eigenvalue weighted by atomic mass is 19.4. The Morgan fingerprint density at radius 3 is 2.21 bits per heavy atom. The van der Waals surface area contributed by atoms with E-state index >= 15 is 0 Å². The first-order chi connectivity index (χ1) is 6.51. The fourth-order valence-corrected chi connectivity index (χ4v) is 1.33. The molecule has 0 atom stereocenters. The molecule has 0 aromatic heterocycles. The highest BCUT2D eigenvalue weighted by molar-refractivity contribution is 5.85. The molecule has 14 heavy (non-hydrogen) atoms. The molecule has 0 radical (unpaired) electrons. The van der Waals surface area contributed by atoms with Crippen molar-refractivity contribution in [3.05, 3.63) is 0 Å². The van der Waals surface area contributed by atoms with E-state index in [0.29, 0.717) is 6.42 Å². The number of amides is 1. The molecule has 1 aliphatic heterocycles. The second kappa shape index (κ2) is 4.09. The molecule has 1 rings (SSSR count). The fourth-order valence-electron chi connectivity index (χ4n) is 1.33. The van der Waals surface area contributed by atoms with Gasteiger partial charge in [0.25, 0.3) is 11.6 Å². The summed E-state index contributed by atoms with van der Waals surface area (Å²) in [6.45, 7) is 0.141. The number of hydrogen-bond acceptors (Lipinski definition) is 3. The Labute approximate surface area is 77.2 Å². The van der Waals surface area contributed by atoms with Gasteiger partial charge in [0, 0.05) is 6.54 Å². The highest BCUT2D eigenvalue weighted by Gasteiger charge is 2.54. The maximum atomic E-state index is 12.3. The lowest BCUT2D eigenvalue weighted by Crippen LogP contribution is -2.58. The molecule has 1 fully saturated rings. The van der Waals surface area contributed by atoms with Crippen LogP contribution >= 0.6 is 0 Å². The Balaban J connectivity index is 2.97. The van der Waals surface area contributed by atoms with Gasteiger partial charge in [-0.05, 0) is 19.3 Å². The molecule has 0 saturated carbocycles. The van der Waals surface area contributed by atoms with Crippen molar-refractivity contribution in [2.45, 2.75) is 24.9 Å². The van der Waals surface area contributed by atoms with Crippen LogP contribution in [-0.4, -0.2) is 28.8 Å². The van der Waals surface area contributed by atoms with Crippen LogP contribution in [0, 0.1) is 0 Å². The van der Waals surface area contributed by atoms with Crippen LogP contribution < -0.4 is 5.32 Å². The van der Waals surface area contributed by atoms with Gasteiger partial charge in [-0.25, -0.2) is 0 Å². The molecule has 1 heterocycles. The number of rotatable bonds is 2. The lowest BCUT2D eigenvalue weighted by Gasteiger charge is -2.28. The number of nitrogens with zero attached hydrogens (tertiary/aromatic N) is 2. The zero-order chi connectivity index (χ0) is 10.8. The molecular weight excluding hydrogens is 206 g/mol. The van der Waals surface area contributed by atoms with Crippen molar-refractivity contribution >= 4 is 5.91 Å². The summed E-state index contributed by atoms with van der Waals surface area (Å²) in [7, 11) is 0. The summed E-state index contributed by atoms with van der Waals surface area (Å²) in [5, 5.41) is -1.47. The molecule has 0 aliphatic carbocycles. The molecule has 0 aromatic carbocycles. The van der Waals surface area contributed by atoms with E-state index in [2.05, 4.69) is 0 Å². The van der Waals surface area contributed by atoms with Crippen molar-refractivity contribution in [2.24, 2.45) is 0 Å². The van der Waals surface area contributed by atoms with Crippen LogP contribution in [0.4, 0.5) is 17.9 Å².